The molecule has 0 bridgehead atoms. The third-order valence-electron chi connectivity index (χ3n) is 4.10. The molecule has 0 aliphatic heterocycles. The summed E-state index contributed by atoms with van der Waals surface area (Å²) in [7, 11) is 0. The van der Waals surface area contributed by atoms with Crippen molar-refractivity contribution in [1.29, 1.82) is 0 Å². The maximum absolute atomic E-state index is 6.07. The molecule has 0 radical (unpaired) electrons. The second-order valence-corrected chi connectivity index (χ2v) is 7.83. The Morgan fingerprint density at radius 1 is 1.04 bits per heavy atom. The molecule has 0 fully saturated rings. The first-order valence-corrected chi connectivity index (χ1v) is 10.1. The van der Waals surface area contributed by atoms with Crippen molar-refractivity contribution in [3.05, 3.63) is 57.6 Å². The maximum Gasteiger partial charge on any atom is 0.175 e. The lowest BCUT2D eigenvalue weighted by Gasteiger charge is -2.16. The second-order valence-electron chi connectivity index (χ2n) is 6.97. The van der Waals surface area contributed by atoms with Gasteiger partial charge in [-0.25, -0.2) is 0 Å². The fourth-order valence-electron chi connectivity index (χ4n) is 2.59. The van der Waals surface area contributed by atoms with Crippen molar-refractivity contribution in [2.75, 3.05) is 13.2 Å². The Bertz CT molecular complexity index is 683. The van der Waals surface area contributed by atoms with Gasteiger partial charge in [0, 0.05) is 6.54 Å². The van der Waals surface area contributed by atoms with Crippen LogP contribution in [0.1, 0.15) is 43.9 Å². The molecule has 2 rings (SSSR count). The Hall–Kier alpha value is -1.52. The van der Waals surface area contributed by atoms with E-state index >= 15 is 0 Å². The van der Waals surface area contributed by atoms with E-state index in [2.05, 4.69) is 78.4 Å². The van der Waals surface area contributed by atoms with Gasteiger partial charge in [-0.1, -0.05) is 43.7 Å². The van der Waals surface area contributed by atoms with E-state index in [1.165, 1.54) is 17.5 Å². The molecular formula is C22H30BrNO2. The molecule has 3 nitrogen and oxygen atoms in total. The molecule has 0 aromatic heterocycles. The van der Waals surface area contributed by atoms with Crippen LogP contribution in [0.5, 0.6) is 11.5 Å². The van der Waals surface area contributed by atoms with Crippen LogP contribution in [0, 0.1) is 12.8 Å². The summed E-state index contributed by atoms with van der Waals surface area (Å²) in [5.74, 6) is 2.26. The van der Waals surface area contributed by atoms with Crippen LogP contribution in [0.15, 0.2) is 40.9 Å². The van der Waals surface area contributed by atoms with Crippen LogP contribution < -0.4 is 14.8 Å². The summed E-state index contributed by atoms with van der Waals surface area (Å²) < 4.78 is 12.8. The van der Waals surface area contributed by atoms with Crippen molar-refractivity contribution in [2.24, 2.45) is 5.92 Å². The summed E-state index contributed by atoms with van der Waals surface area (Å²) in [6, 6.07) is 12.6. The summed E-state index contributed by atoms with van der Waals surface area (Å²) in [6.07, 6.45) is 1.18. The zero-order chi connectivity index (χ0) is 18.9. The summed E-state index contributed by atoms with van der Waals surface area (Å²) >= 11 is 3.65. The van der Waals surface area contributed by atoms with Gasteiger partial charge in [0.15, 0.2) is 11.5 Å². The minimum absolute atomic E-state index is 0.519. The highest BCUT2D eigenvalue weighted by molar-refractivity contribution is 9.10. The van der Waals surface area contributed by atoms with Gasteiger partial charge in [0.25, 0.3) is 0 Å². The van der Waals surface area contributed by atoms with Gasteiger partial charge in [-0.05, 0) is 71.9 Å². The molecule has 0 unspecified atom stereocenters. The van der Waals surface area contributed by atoms with E-state index in [-0.39, 0.29) is 0 Å². The third kappa shape index (κ3) is 6.65. The average molecular weight is 420 g/mol. The number of hydrogen-bond acceptors (Lipinski definition) is 3. The fourth-order valence-corrected chi connectivity index (χ4v) is 3.19. The third-order valence-corrected chi connectivity index (χ3v) is 4.69. The van der Waals surface area contributed by atoms with E-state index < -0.39 is 0 Å². The van der Waals surface area contributed by atoms with E-state index in [0.29, 0.717) is 19.1 Å². The molecule has 0 amide bonds. The average Bonchev–Trinajstić information content (AvgIpc) is 2.59. The summed E-state index contributed by atoms with van der Waals surface area (Å²) in [5.41, 5.74) is 3.58. The molecule has 0 spiro atoms. The van der Waals surface area contributed by atoms with E-state index in [4.69, 9.17) is 9.47 Å². The molecule has 142 valence electrons. The van der Waals surface area contributed by atoms with E-state index in [9.17, 15) is 0 Å². The van der Waals surface area contributed by atoms with E-state index in [1.807, 2.05) is 6.92 Å². The molecule has 0 aliphatic carbocycles. The van der Waals surface area contributed by atoms with Gasteiger partial charge in [0.1, 0.15) is 6.61 Å². The normalized spacial score (nSPS) is 11.0. The first kappa shape index (κ1) is 20.8. The highest BCUT2D eigenvalue weighted by Gasteiger charge is 2.12. The Balaban J connectivity index is 2.05. The molecule has 0 saturated heterocycles. The number of halogens is 1. The van der Waals surface area contributed by atoms with Gasteiger partial charge in [0.05, 0.1) is 11.1 Å². The molecule has 0 heterocycles. The largest absolute Gasteiger partial charge is 0.490 e. The SMILES string of the molecule is CCOc1cc(CNCCC(C)C)cc(Br)c1OCc1ccc(C)cc1. The Morgan fingerprint density at radius 3 is 2.42 bits per heavy atom. The first-order chi connectivity index (χ1) is 12.5. The van der Waals surface area contributed by atoms with Gasteiger partial charge >= 0.3 is 0 Å². The molecule has 0 atom stereocenters. The minimum Gasteiger partial charge on any atom is -0.490 e. The summed E-state index contributed by atoms with van der Waals surface area (Å²) in [5, 5.41) is 3.49. The van der Waals surface area contributed by atoms with Crippen molar-refractivity contribution in [2.45, 2.75) is 47.3 Å². The zero-order valence-corrected chi connectivity index (χ0v) is 17.9. The van der Waals surface area contributed by atoms with Gasteiger partial charge in [-0.3, -0.25) is 0 Å². The number of benzene rings is 2. The second kappa shape index (κ2) is 10.6. The molecule has 2 aromatic rings. The summed E-state index contributed by atoms with van der Waals surface area (Å²) in [6.45, 7) is 11.5. The molecule has 26 heavy (non-hydrogen) atoms. The van der Waals surface area contributed by atoms with Crippen LogP contribution in [0.4, 0.5) is 0 Å². The van der Waals surface area contributed by atoms with Gasteiger partial charge in [-0.2, -0.15) is 0 Å². The lowest BCUT2D eigenvalue weighted by Crippen LogP contribution is -2.16. The quantitative estimate of drug-likeness (QED) is 0.488. The van der Waals surface area contributed by atoms with E-state index in [1.54, 1.807) is 0 Å². The number of rotatable bonds is 10. The predicted octanol–water partition coefficient (Wildman–Crippen LogP) is 5.87. The maximum atomic E-state index is 6.07. The van der Waals surface area contributed by atoms with Gasteiger partial charge in [0.2, 0.25) is 0 Å². The lowest BCUT2D eigenvalue weighted by atomic mass is 10.1. The Labute approximate surface area is 166 Å². The van der Waals surface area contributed by atoms with Crippen molar-refractivity contribution in [1.82, 2.24) is 5.32 Å². The van der Waals surface area contributed by atoms with Crippen molar-refractivity contribution in [3.63, 3.8) is 0 Å². The number of hydrogen-bond donors (Lipinski definition) is 1. The number of aryl methyl sites for hydroxylation is 1. The van der Waals surface area contributed by atoms with Crippen LogP contribution in [0.25, 0.3) is 0 Å². The van der Waals surface area contributed by atoms with Crippen molar-refractivity contribution in [3.8, 4) is 11.5 Å². The highest BCUT2D eigenvalue weighted by atomic mass is 79.9. The minimum atomic E-state index is 0.519. The molecule has 1 N–H and O–H groups in total. The van der Waals surface area contributed by atoms with Crippen molar-refractivity contribution >= 4 is 15.9 Å². The molecular weight excluding hydrogens is 390 g/mol. The highest BCUT2D eigenvalue weighted by Crippen LogP contribution is 2.37. The first-order valence-electron chi connectivity index (χ1n) is 9.33. The topological polar surface area (TPSA) is 30.5 Å². The van der Waals surface area contributed by atoms with Crippen molar-refractivity contribution < 1.29 is 9.47 Å². The smallest absolute Gasteiger partial charge is 0.175 e. The van der Waals surface area contributed by atoms with Crippen LogP contribution in [-0.4, -0.2) is 13.2 Å². The van der Waals surface area contributed by atoms with Crippen LogP contribution in [0.2, 0.25) is 0 Å². The molecule has 2 aromatic carbocycles. The van der Waals surface area contributed by atoms with Gasteiger partial charge in [-0.15, -0.1) is 0 Å². The monoisotopic (exact) mass is 419 g/mol. The standard InChI is InChI=1S/C22H30BrNO2/c1-5-25-21-13-19(14-24-11-10-16(2)3)12-20(23)22(21)26-15-18-8-6-17(4)7-9-18/h6-9,12-13,16,24H,5,10-11,14-15H2,1-4H3. The fraction of sp³-hybridized carbons (Fsp3) is 0.455. The lowest BCUT2D eigenvalue weighted by molar-refractivity contribution is 0.267. The van der Waals surface area contributed by atoms with E-state index in [0.717, 1.165) is 34.6 Å². The zero-order valence-electron chi connectivity index (χ0n) is 16.3. The molecule has 0 aliphatic rings. The van der Waals surface area contributed by atoms with Gasteiger partial charge < -0.3 is 14.8 Å². The summed E-state index contributed by atoms with van der Waals surface area (Å²) in [4.78, 5) is 0. The number of nitrogens with one attached hydrogen (secondary N) is 1. The van der Waals surface area contributed by atoms with Crippen LogP contribution in [0.3, 0.4) is 0 Å². The molecule has 4 heteroatoms. The Kier molecular flexibility index (Phi) is 8.46. The number of ether oxygens (including phenoxy) is 2. The van der Waals surface area contributed by atoms with Crippen LogP contribution >= 0.6 is 15.9 Å². The Morgan fingerprint density at radius 2 is 1.77 bits per heavy atom. The molecule has 0 saturated carbocycles. The van der Waals surface area contributed by atoms with Crippen LogP contribution in [-0.2, 0) is 13.2 Å². The predicted molar refractivity (Wildman–Crippen MR) is 112 cm³/mol.